The summed E-state index contributed by atoms with van der Waals surface area (Å²) in [5, 5.41) is 0. The Morgan fingerprint density at radius 1 is 0.350 bits per heavy atom. The van der Waals surface area contributed by atoms with Gasteiger partial charge in [0.05, 0.1) is 20.6 Å². The van der Waals surface area contributed by atoms with E-state index in [0.717, 1.165) is 41.8 Å². The molecule has 1 nitrogen and oxygen atoms in total. The molecule has 304 valence electrons. The van der Waals surface area contributed by atoms with Crippen LogP contribution in [0.2, 0.25) is 0 Å². The van der Waals surface area contributed by atoms with Crippen LogP contribution in [0.4, 0.5) is 17.6 Å². The molecule has 0 aromatic heterocycles. The molecule has 8 aromatic carbocycles. The molecular formula is C51H40F4I2OS2. The zero-order chi connectivity index (χ0) is 39.4. The summed E-state index contributed by atoms with van der Waals surface area (Å²) >= 11 is 4.03. The lowest BCUT2D eigenvalue weighted by Crippen LogP contribution is -1.98. The molecule has 9 heteroatoms. The summed E-state index contributed by atoms with van der Waals surface area (Å²) in [6.07, 6.45) is 0. The van der Waals surface area contributed by atoms with Crippen LogP contribution in [-0.2, 0) is 10.8 Å². The maximum Gasteiger partial charge on any atom is 0.132 e. The van der Waals surface area contributed by atoms with Gasteiger partial charge in [-0.2, -0.15) is 0 Å². The van der Waals surface area contributed by atoms with Crippen LogP contribution in [0.3, 0.4) is 0 Å². The van der Waals surface area contributed by atoms with Gasteiger partial charge in [0.25, 0.3) is 0 Å². The molecule has 0 unspecified atom stereocenters. The second kappa shape index (κ2) is 18.2. The minimum absolute atomic E-state index is 0. The van der Waals surface area contributed by atoms with Crippen molar-refractivity contribution in [3.8, 4) is 44.5 Å². The Morgan fingerprint density at radius 2 is 0.650 bits per heavy atom. The molecule has 0 bridgehead atoms. The van der Waals surface area contributed by atoms with E-state index < -0.39 is 32.5 Å². The van der Waals surface area contributed by atoms with Gasteiger partial charge in [0.15, 0.2) is 0 Å². The number of halogens is 6. The second-order valence-electron chi connectivity index (χ2n) is 13.3. The van der Waals surface area contributed by atoms with Gasteiger partial charge in [0.2, 0.25) is 0 Å². The van der Waals surface area contributed by atoms with Crippen LogP contribution < -0.4 is 0 Å². The summed E-state index contributed by atoms with van der Waals surface area (Å²) in [5.74, 6) is -1.50. The van der Waals surface area contributed by atoms with Crippen molar-refractivity contribution in [2.75, 3.05) is 0 Å². The Kier molecular flexibility index (Phi) is 13.6. The molecular weight excluding hydrogens is 1020 g/mol. The topological polar surface area (TPSA) is 17.1 Å². The molecule has 3 heterocycles. The van der Waals surface area contributed by atoms with E-state index in [-0.39, 0.29) is 33.9 Å². The zero-order valence-electron chi connectivity index (χ0n) is 29.7. The first-order valence-corrected chi connectivity index (χ1v) is 22.8. The van der Waals surface area contributed by atoms with Crippen LogP contribution in [0, 0.1) is 30.4 Å². The number of hydrogen-bond acceptors (Lipinski definition) is 1. The van der Waals surface area contributed by atoms with Crippen molar-refractivity contribution in [1.82, 2.24) is 0 Å². The van der Waals surface area contributed by atoms with Gasteiger partial charge < -0.3 is 0 Å². The summed E-state index contributed by atoms with van der Waals surface area (Å²) < 4.78 is 70.8. The van der Waals surface area contributed by atoms with Gasteiger partial charge in [-0.1, -0.05) is 119 Å². The van der Waals surface area contributed by atoms with Crippen LogP contribution in [0.15, 0.2) is 199 Å². The van der Waals surface area contributed by atoms with Crippen molar-refractivity contribution in [3.05, 3.63) is 200 Å². The largest absolute Gasteiger partial charge is 0.249 e. The minimum Gasteiger partial charge on any atom is -0.249 e. The molecule has 0 atom stereocenters. The summed E-state index contributed by atoms with van der Waals surface area (Å²) in [7, 11) is -2.86. The maximum atomic E-state index is 15.0. The molecule has 0 radical (unpaired) electrons. The predicted molar refractivity (Wildman–Crippen MR) is 258 cm³/mol. The van der Waals surface area contributed by atoms with Crippen LogP contribution >= 0.6 is 55.2 Å². The number of benzene rings is 8. The minimum atomic E-state index is -1.89. The van der Waals surface area contributed by atoms with Gasteiger partial charge in [-0.25, -0.2) is 21.8 Å². The third-order valence-corrected chi connectivity index (χ3v) is 17.6. The SMILES string of the molecule is C.C.C.Fc1cccc(I)c1-c1c(F)cccc1I.Fc1cccc2c1-c1c(F)cccc1S21c2ccccc2-c2ccccc21.O=S1c2ccccc2-c2ccccc21. The van der Waals surface area contributed by atoms with E-state index in [4.69, 9.17) is 0 Å². The number of rotatable bonds is 1. The highest BCUT2D eigenvalue weighted by molar-refractivity contribution is 14.1. The molecule has 0 N–H and O–H groups in total. The fourth-order valence-corrected chi connectivity index (χ4v) is 15.4. The first-order chi connectivity index (χ1) is 27.7. The molecule has 11 rings (SSSR count). The maximum absolute atomic E-state index is 15.0. The first kappa shape index (κ1) is 45.0. The highest BCUT2D eigenvalue weighted by Crippen LogP contribution is 2.85. The van der Waals surface area contributed by atoms with E-state index in [1.807, 2.05) is 130 Å². The molecule has 3 aliphatic rings. The van der Waals surface area contributed by atoms with Gasteiger partial charge in [-0.3, -0.25) is 0 Å². The third-order valence-electron chi connectivity index (χ3n) is 10.2. The summed E-state index contributed by atoms with van der Waals surface area (Å²) in [5.41, 5.74) is 6.07. The Morgan fingerprint density at radius 3 is 1.03 bits per heavy atom. The lowest BCUT2D eigenvalue weighted by molar-refractivity contribution is 0.612. The molecule has 0 saturated heterocycles. The summed E-state index contributed by atoms with van der Waals surface area (Å²) in [4.78, 5) is 6.02. The third kappa shape index (κ3) is 7.14. The van der Waals surface area contributed by atoms with Crippen molar-refractivity contribution in [2.45, 2.75) is 51.7 Å². The van der Waals surface area contributed by atoms with Crippen LogP contribution in [0.25, 0.3) is 44.5 Å². The molecule has 8 aromatic rings. The van der Waals surface area contributed by atoms with E-state index >= 15 is 0 Å². The average Bonchev–Trinajstić information content (AvgIpc) is 3.82. The molecule has 60 heavy (non-hydrogen) atoms. The van der Waals surface area contributed by atoms with E-state index in [9.17, 15) is 21.8 Å². The van der Waals surface area contributed by atoms with E-state index in [1.165, 1.54) is 34.1 Å². The normalized spacial score (nSPS) is 13.1. The van der Waals surface area contributed by atoms with E-state index in [0.29, 0.717) is 29.4 Å². The molecule has 0 fully saturated rings. The molecule has 1 spiro atoms. The van der Waals surface area contributed by atoms with Crippen LogP contribution in [0.5, 0.6) is 0 Å². The van der Waals surface area contributed by atoms with Crippen molar-refractivity contribution < 1.29 is 21.8 Å². The number of fused-ring (bicyclic) bond motifs is 13. The summed E-state index contributed by atoms with van der Waals surface area (Å²) in [6, 6.07) is 52.1. The van der Waals surface area contributed by atoms with Gasteiger partial charge in [-0.05, 0) is 140 Å². The Hall–Kier alpha value is -4.56. The molecule has 0 aliphatic carbocycles. The van der Waals surface area contributed by atoms with Gasteiger partial charge in [0, 0.05) is 49.0 Å². The zero-order valence-corrected chi connectivity index (χ0v) is 35.6. The molecule has 0 amide bonds. The Labute approximate surface area is 381 Å². The molecule has 3 aliphatic heterocycles. The standard InChI is InChI=1S/C24H14F2S.C12H6F2I2.C12H8OS.3CH4/c25-17-9-5-13-21-23(17)24-18(26)10-6-14-22(24)27(21)19-11-3-1-7-15(19)16-8-2-4-12-20(16)27;13-7-3-1-5-9(15)11(7)12-8(14)4-2-6-10(12)16;13-14-11-7-3-1-5-9(11)10-6-2-4-8-12(10)14;;;/h1-14H;1-6H;1-8H;3*1H4. The second-order valence-corrected chi connectivity index (χ2v) is 20.0. The van der Waals surface area contributed by atoms with Crippen molar-refractivity contribution >= 4 is 66.0 Å². The van der Waals surface area contributed by atoms with E-state index in [1.54, 1.807) is 36.4 Å². The van der Waals surface area contributed by atoms with Crippen molar-refractivity contribution in [3.63, 3.8) is 0 Å². The van der Waals surface area contributed by atoms with Gasteiger partial charge in [-0.15, -0.1) is 10.0 Å². The van der Waals surface area contributed by atoms with Gasteiger partial charge >= 0.3 is 0 Å². The fraction of sp³-hybridized carbons (Fsp3) is 0.0588. The van der Waals surface area contributed by atoms with Crippen LogP contribution in [0.1, 0.15) is 22.3 Å². The Balaban J connectivity index is 0.000000158. The predicted octanol–water partition coefficient (Wildman–Crippen LogP) is 16.8. The average molecular weight is 1060 g/mol. The smallest absolute Gasteiger partial charge is 0.132 e. The van der Waals surface area contributed by atoms with Gasteiger partial charge in [0.1, 0.15) is 23.3 Å². The quantitative estimate of drug-likeness (QED) is 0.118. The molecule has 0 saturated carbocycles. The van der Waals surface area contributed by atoms with Crippen LogP contribution in [-0.4, -0.2) is 4.21 Å². The number of hydrogen-bond donors (Lipinski definition) is 0. The highest BCUT2D eigenvalue weighted by Gasteiger charge is 2.49. The Bertz CT molecular complexity index is 2700. The van der Waals surface area contributed by atoms with E-state index in [2.05, 4.69) is 24.3 Å². The first-order valence-electron chi connectivity index (χ1n) is 17.8. The lowest BCUT2D eigenvalue weighted by atomic mass is 10.0. The highest BCUT2D eigenvalue weighted by atomic mass is 127. The summed E-state index contributed by atoms with van der Waals surface area (Å²) in [6.45, 7) is 0. The van der Waals surface area contributed by atoms with Crippen molar-refractivity contribution in [1.29, 1.82) is 0 Å². The lowest BCUT2D eigenvalue weighted by Gasteiger charge is -2.36. The van der Waals surface area contributed by atoms with Crippen molar-refractivity contribution in [2.24, 2.45) is 0 Å². The monoisotopic (exact) mass is 1060 g/mol. The fourth-order valence-electron chi connectivity index (χ4n) is 7.92.